The van der Waals surface area contributed by atoms with Crippen molar-refractivity contribution < 1.29 is 4.79 Å². The maximum Gasteiger partial charge on any atom is 0.261 e. The van der Waals surface area contributed by atoms with Crippen molar-refractivity contribution in [1.29, 1.82) is 0 Å². The summed E-state index contributed by atoms with van der Waals surface area (Å²) < 4.78 is 1.50. The molecular formula is C18H25ClN4O2. The van der Waals surface area contributed by atoms with Crippen LogP contribution >= 0.6 is 12.4 Å². The second-order valence-corrected chi connectivity index (χ2v) is 6.46. The molecule has 1 aliphatic rings. The number of amides is 1. The van der Waals surface area contributed by atoms with Gasteiger partial charge in [-0.3, -0.25) is 14.2 Å². The molecule has 25 heavy (non-hydrogen) atoms. The number of carbonyl (C=O) groups excluding carboxylic acids is 1. The van der Waals surface area contributed by atoms with Crippen LogP contribution in [-0.2, 0) is 11.3 Å². The highest BCUT2D eigenvalue weighted by atomic mass is 35.5. The molecule has 0 aliphatic heterocycles. The first-order valence-electron chi connectivity index (χ1n) is 8.62. The smallest absolute Gasteiger partial charge is 0.261 e. The Labute approximate surface area is 153 Å². The number of para-hydroxylation sites is 1. The Morgan fingerprint density at radius 1 is 1.28 bits per heavy atom. The van der Waals surface area contributed by atoms with Crippen LogP contribution in [0.15, 0.2) is 35.4 Å². The molecule has 1 aromatic carbocycles. The number of nitrogens with one attached hydrogen (secondary N) is 1. The van der Waals surface area contributed by atoms with Crippen molar-refractivity contribution in [3.63, 3.8) is 0 Å². The zero-order valence-corrected chi connectivity index (χ0v) is 15.0. The number of aromatic nitrogens is 2. The summed E-state index contributed by atoms with van der Waals surface area (Å²) >= 11 is 0. The molecule has 1 saturated carbocycles. The number of hydrogen-bond acceptors (Lipinski definition) is 4. The van der Waals surface area contributed by atoms with Crippen LogP contribution < -0.4 is 16.6 Å². The van der Waals surface area contributed by atoms with Crippen molar-refractivity contribution in [2.45, 2.75) is 44.7 Å². The molecule has 2 atom stereocenters. The molecule has 2 aromatic rings. The Morgan fingerprint density at radius 2 is 2.04 bits per heavy atom. The van der Waals surface area contributed by atoms with Crippen LogP contribution in [0.4, 0.5) is 0 Å². The number of carbonyl (C=O) groups is 1. The molecule has 3 rings (SSSR count). The third-order valence-corrected chi connectivity index (χ3v) is 4.87. The van der Waals surface area contributed by atoms with Crippen LogP contribution in [0, 0.1) is 5.92 Å². The third-order valence-electron chi connectivity index (χ3n) is 4.87. The summed E-state index contributed by atoms with van der Waals surface area (Å²) in [5, 5.41) is 3.67. The Bertz CT molecular complexity index is 777. The van der Waals surface area contributed by atoms with Gasteiger partial charge >= 0.3 is 0 Å². The summed E-state index contributed by atoms with van der Waals surface area (Å²) in [7, 11) is 0. The maximum atomic E-state index is 12.4. The summed E-state index contributed by atoms with van der Waals surface area (Å²) in [6, 6.07) is 7.41. The Balaban J connectivity index is 0.00000225. The minimum atomic E-state index is -0.106. The van der Waals surface area contributed by atoms with Crippen LogP contribution in [0.3, 0.4) is 0 Å². The van der Waals surface area contributed by atoms with E-state index in [1.165, 1.54) is 17.3 Å². The Hall–Kier alpha value is -1.92. The molecule has 1 fully saturated rings. The van der Waals surface area contributed by atoms with Gasteiger partial charge in [0.1, 0.15) is 0 Å². The van der Waals surface area contributed by atoms with E-state index in [1.807, 2.05) is 18.2 Å². The van der Waals surface area contributed by atoms with Crippen molar-refractivity contribution in [2.75, 3.05) is 6.54 Å². The highest BCUT2D eigenvalue weighted by Crippen LogP contribution is 2.23. The number of fused-ring (bicyclic) bond motifs is 1. The number of rotatable bonds is 5. The molecule has 1 heterocycles. The fourth-order valence-electron chi connectivity index (χ4n) is 3.45. The lowest BCUT2D eigenvalue weighted by atomic mass is 9.84. The maximum absolute atomic E-state index is 12.4. The van der Waals surface area contributed by atoms with Gasteiger partial charge in [0.15, 0.2) is 0 Å². The van der Waals surface area contributed by atoms with Gasteiger partial charge in [-0.1, -0.05) is 25.0 Å². The number of halogens is 1. The minimum absolute atomic E-state index is 0. The molecule has 1 aromatic heterocycles. The SMILES string of the molecule is Cl.NCC1CCCCC1NC(=O)CCn1cnc2ccccc2c1=O. The van der Waals surface area contributed by atoms with Crippen LogP contribution in [0.25, 0.3) is 10.9 Å². The molecule has 0 bridgehead atoms. The molecule has 1 aliphatic carbocycles. The van der Waals surface area contributed by atoms with E-state index in [9.17, 15) is 9.59 Å². The van der Waals surface area contributed by atoms with E-state index in [1.54, 1.807) is 6.07 Å². The predicted octanol–water partition coefficient (Wildman–Crippen LogP) is 1.84. The Morgan fingerprint density at radius 3 is 2.84 bits per heavy atom. The molecule has 3 N–H and O–H groups in total. The zero-order valence-electron chi connectivity index (χ0n) is 14.2. The van der Waals surface area contributed by atoms with Crippen molar-refractivity contribution in [1.82, 2.24) is 14.9 Å². The van der Waals surface area contributed by atoms with E-state index < -0.39 is 0 Å². The summed E-state index contributed by atoms with van der Waals surface area (Å²) in [5.74, 6) is 0.341. The molecule has 136 valence electrons. The molecule has 1 amide bonds. The molecule has 6 nitrogen and oxygen atoms in total. The molecule has 0 radical (unpaired) electrons. The van der Waals surface area contributed by atoms with Crippen molar-refractivity contribution in [3.05, 3.63) is 40.9 Å². The number of nitrogens with two attached hydrogens (primary N) is 1. The van der Waals surface area contributed by atoms with Gasteiger partial charge in [0, 0.05) is 19.0 Å². The van der Waals surface area contributed by atoms with E-state index in [2.05, 4.69) is 10.3 Å². The second kappa shape index (κ2) is 8.97. The molecule has 7 heteroatoms. The van der Waals surface area contributed by atoms with E-state index >= 15 is 0 Å². The Kier molecular flexibility index (Phi) is 6.96. The summed E-state index contributed by atoms with van der Waals surface area (Å²) in [6.45, 7) is 0.946. The van der Waals surface area contributed by atoms with Gasteiger partial charge in [0.2, 0.25) is 5.91 Å². The van der Waals surface area contributed by atoms with Crippen LogP contribution in [0.1, 0.15) is 32.1 Å². The second-order valence-electron chi connectivity index (χ2n) is 6.46. The fourth-order valence-corrected chi connectivity index (χ4v) is 3.45. The van der Waals surface area contributed by atoms with Gasteiger partial charge in [-0.25, -0.2) is 4.98 Å². The summed E-state index contributed by atoms with van der Waals surface area (Å²) in [6.07, 6.45) is 6.18. The topological polar surface area (TPSA) is 90.0 Å². The van der Waals surface area contributed by atoms with Gasteiger partial charge < -0.3 is 11.1 Å². The van der Waals surface area contributed by atoms with Crippen molar-refractivity contribution >= 4 is 29.2 Å². The van der Waals surface area contributed by atoms with Crippen LogP contribution in [-0.4, -0.2) is 28.0 Å². The standard InChI is InChI=1S/C18H24N4O2.ClH/c19-11-13-5-1-3-7-15(13)21-17(23)9-10-22-12-20-16-8-4-2-6-14(16)18(22)24;/h2,4,6,8,12-13,15H,1,3,5,7,9-11,19H2,(H,21,23);1H. The lowest BCUT2D eigenvalue weighted by Crippen LogP contribution is -2.45. The monoisotopic (exact) mass is 364 g/mol. The molecule has 0 saturated heterocycles. The first-order valence-corrected chi connectivity index (χ1v) is 8.62. The van der Waals surface area contributed by atoms with Gasteiger partial charge in [-0.2, -0.15) is 0 Å². The number of hydrogen-bond donors (Lipinski definition) is 2. The van der Waals surface area contributed by atoms with Gasteiger partial charge in [0.25, 0.3) is 5.56 Å². The largest absolute Gasteiger partial charge is 0.353 e. The molecular weight excluding hydrogens is 340 g/mol. The van der Waals surface area contributed by atoms with Gasteiger partial charge in [0.05, 0.1) is 17.2 Å². The summed E-state index contributed by atoms with van der Waals surface area (Å²) in [4.78, 5) is 28.9. The van der Waals surface area contributed by atoms with Crippen LogP contribution in [0.2, 0.25) is 0 Å². The fraction of sp³-hybridized carbons (Fsp3) is 0.500. The zero-order chi connectivity index (χ0) is 16.9. The number of aryl methyl sites for hydroxylation is 1. The minimum Gasteiger partial charge on any atom is -0.353 e. The normalized spacial score (nSPS) is 20.0. The highest BCUT2D eigenvalue weighted by molar-refractivity contribution is 5.85. The summed E-state index contributed by atoms with van der Waals surface area (Å²) in [5.41, 5.74) is 6.37. The molecule has 2 unspecified atom stereocenters. The van der Waals surface area contributed by atoms with E-state index in [4.69, 9.17) is 5.73 Å². The van der Waals surface area contributed by atoms with Crippen molar-refractivity contribution in [3.8, 4) is 0 Å². The van der Waals surface area contributed by atoms with Gasteiger partial charge in [-0.15, -0.1) is 12.4 Å². The number of benzene rings is 1. The highest BCUT2D eigenvalue weighted by Gasteiger charge is 2.25. The van der Waals surface area contributed by atoms with Gasteiger partial charge in [-0.05, 0) is 37.4 Å². The van der Waals surface area contributed by atoms with E-state index in [0.717, 1.165) is 19.3 Å². The lowest BCUT2D eigenvalue weighted by Gasteiger charge is -2.31. The molecule has 0 spiro atoms. The van der Waals surface area contributed by atoms with Crippen LogP contribution in [0.5, 0.6) is 0 Å². The first-order chi connectivity index (χ1) is 11.7. The third kappa shape index (κ3) is 4.58. The number of nitrogens with zero attached hydrogens (tertiary/aromatic N) is 2. The first kappa shape index (κ1) is 19.4. The van der Waals surface area contributed by atoms with Crippen molar-refractivity contribution in [2.24, 2.45) is 11.7 Å². The lowest BCUT2D eigenvalue weighted by molar-refractivity contribution is -0.122. The van der Waals surface area contributed by atoms with E-state index in [-0.39, 0.29) is 36.3 Å². The van der Waals surface area contributed by atoms with E-state index in [0.29, 0.717) is 29.9 Å². The quantitative estimate of drug-likeness (QED) is 0.847. The average Bonchev–Trinajstić information content (AvgIpc) is 2.62. The predicted molar refractivity (Wildman–Crippen MR) is 101 cm³/mol. The average molecular weight is 365 g/mol.